The molecule has 0 aliphatic carbocycles. The predicted octanol–water partition coefficient (Wildman–Crippen LogP) is 1.62. The molecule has 1 aromatic heterocycles. The first-order valence-electron chi connectivity index (χ1n) is 9.47. The van der Waals surface area contributed by atoms with Crippen LogP contribution in [0.15, 0.2) is 5.38 Å². The molecule has 28 heavy (non-hydrogen) atoms. The first-order chi connectivity index (χ1) is 13.5. The van der Waals surface area contributed by atoms with Crippen molar-refractivity contribution < 1.29 is 19.2 Å². The number of hydrogen-bond donors (Lipinski definition) is 2. The fourth-order valence-corrected chi connectivity index (χ4v) is 3.55. The lowest BCUT2D eigenvalue weighted by atomic mass is 10.1. The van der Waals surface area contributed by atoms with Crippen molar-refractivity contribution >= 4 is 40.6 Å². The van der Waals surface area contributed by atoms with Gasteiger partial charge < -0.3 is 16.0 Å². The van der Waals surface area contributed by atoms with Gasteiger partial charge in [-0.15, -0.1) is 11.3 Å². The van der Waals surface area contributed by atoms with Crippen molar-refractivity contribution in [2.24, 2.45) is 0 Å². The van der Waals surface area contributed by atoms with E-state index >= 15 is 0 Å². The van der Waals surface area contributed by atoms with Gasteiger partial charge in [-0.1, -0.05) is 39.0 Å². The summed E-state index contributed by atoms with van der Waals surface area (Å²) < 4.78 is 0. The van der Waals surface area contributed by atoms with Gasteiger partial charge in [-0.3, -0.25) is 19.3 Å². The minimum absolute atomic E-state index is 0.0804. The number of thiazole rings is 1. The van der Waals surface area contributed by atoms with E-state index in [1.807, 2.05) is 0 Å². The molecule has 1 aliphatic heterocycles. The summed E-state index contributed by atoms with van der Waals surface area (Å²) in [5.41, 5.74) is 5.77. The Morgan fingerprint density at radius 2 is 1.96 bits per heavy atom. The molecule has 2 heterocycles. The van der Waals surface area contributed by atoms with Crippen molar-refractivity contribution in [2.75, 3.05) is 25.4 Å². The van der Waals surface area contributed by atoms with E-state index in [9.17, 15) is 19.2 Å². The number of nitrogens with two attached hydrogens (primary N) is 1. The Morgan fingerprint density at radius 1 is 1.25 bits per heavy atom. The number of nitrogen functional groups attached to an aromatic ring is 1. The number of aromatic nitrogens is 1. The third kappa shape index (κ3) is 5.75. The summed E-state index contributed by atoms with van der Waals surface area (Å²) in [4.78, 5) is 54.3. The molecule has 153 valence electrons. The van der Waals surface area contributed by atoms with E-state index < -0.39 is 23.9 Å². The number of rotatable bonds is 10. The van der Waals surface area contributed by atoms with Crippen LogP contribution in [0.25, 0.3) is 0 Å². The van der Waals surface area contributed by atoms with Gasteiger partial charge in [0.1, 0.15) is 6.04 Å². The molecular weight excluding hydrogens is 382 g/mol. The zero-order valence-corrected chi connectivity index (χ0v) is 16.8. The number of piperazine rings is 1. The topological polar surface area (TPSA) is 126 Å². The standard InChI is InChI=1S/C18H26N5O4S/c1-2-3-4-5-6-7-8-22-9-10-23(16(26)15(22)25)18(27)21-13(11-24)14-12-28-17(19)20-14/h12-13H,2-10H2,1H3,(H2,19,20)(H,21,27). The smallest absolute Gasteiger partial charge is 0.325 e. The lowest BCUT2D eigenvalue weighted by molar-refractivity contribution is -0.153. The van der Waals surface area contributed by atoms with Gasteiger partial charge in [0.15, 0.2) is 5.13 Å². The van der Waals surface area contributed by atoms with Crippen LogP contribution in [0.5, 0.6) is 0 Å². The number of nitrogens with one attached hydrogen (secondary N) is 1. The van der Waals surface area contributed by atoms with Crippen molar-refractivity contribution in [3.8, 4) is 0 Å². The van der Waals surface area contributed by atoms with Crippen LogP contribution in [0, 0.1) is 0 Å². The number of anilines is 1. The van der Waals surface area contributed by atoms with Crippen molar-refractivity contribution in [3.05, 3.63) is 11.1 Å². The van der Waals surface area contributed by atoms with E-state index in [4.69, 9.17) is 5.73 Å². The highest BCUT2D eigenvalue weighted by Crippen LogP contribution is 2.17. The molecule has 1 radical (unpaired) electrons. The van der Waals surface area contributed by atoms with Crippen LogP contribution in [0.1, 0.15) is 57.2 Å². The number of hydrogen-bond acceptors (Lipinski definition) is 7. The molecule has 1 aromatic rings. The molecule has 3 N–H and O–H groups in total. The third-order valence-electron chi connectivity index (χ3n) is 4.56. The molecule has 0 spiro atoms. The minimum atomic E-state index is -1.15. The Morgan fingerprint density at radius 3 is 2.61 bits per heavy atom. The number of carbonyl (C=O) groups excluding carboxylic acids is 4. The normalized spacial score (nSPS) is 15.6. The second-order valence-electron chi connectivity index (χ2n) is 6.63. The average Bonchev–Trinajstić information content (AvgIpc) is 3.11. The van der Waals surface area contributed by atoms with E-state index in [2.05, 4.69) is 17.2 Å². The minimum Gasteiger partial charge on any atom is -0.375 e. The predicted molar refractivity (Wildman–Crippen MR) is 105 cm³/mol. The number of unbranched alkanes of at least 4 members (excludes halogenated alkanes) is 5. The van der Waals surface area contributed by atoms with Crippen LogP contribution in [0.3, 0.4) is 0 Å². The lowest BCUT2D eigenvalue weighted by Crippen LogP contribution is -2.58. The van der Waals surface area contributed by atoms with Gasteiger partial charge in [-0.2, -0.15) is 0 Å². The third-order valence-corrected chi connectivity index (χ3v) is 5.25. The first kappa shape index (κ1) is 21.8. The Bertz CT molecular complexity index is 708. The summed E-state index contributed by atoms with van der Waals surface area (Å²) in [6, 6.07) is -1.97. The Kier molecular flexibility index (Phi) is 8.37. The Hall–Kier alpha value is -2.49. The largest absolute Gasteiger partial charge is 0.375 e. The average molecular weight is 409 g/mol. The molecule has 1 unspecified atom stereocenters. The molecule has 10 heteroatoms. The Balaban J connectivity index is 1.84. The summed E-state index contributed by atoms with van der Waals surface area (Å²) >= 11 is 1.12. The SMILES string of the molecule is CCCCCCCCN1CCN(C(=O)NC([C]=O)c2csc(N)n2)C(=O)C1=O. The number of amides is 4. The maximum absolute atomic E-state index is 12.4. The lowest BCUT2D eigenvalue weighted by Gasteiger charge is -2.32. The summed E-state index contributed by atoms with van der Waals surface area (Å²) in [5.74, 6) is -1.59. The fraction of sp³-hybridized carbons (Fsp3) is 0.611. The van der Waals surface area contributed by atoms with Crippen LogP contribution >= 0.6 is 11.3 Å². The van der Waals surface area contributed by atoms with Gasteiger partial charge in [0.25, 0.3) is 0 Å². The molecular formula is C18H26N5O4S. The molecule has 1 aliphatic rings. The van der Waals surface area contributed by atoms with Crippen molar-refractivity contribution in [3.63, 3.8) is 0 Å². The van der Waals surface area contributed by atoms with Crippen LogP contribution in [-0.4, -0.2) is 58.5 Å². The number of urea groups is 1. The zero-order valence-electron chi connectivity index (χ0n) is 16.0. The van der Waals surface area contributed by atoms with Crippen LogP contribution in [0.2, 0.25) is 0 Å². The maximum atomic E-state index is 12.4. The number of nitrogens with zero attached hydrogens (tertiary/aromatic N) is 3. The van der Waals surface area contributed by atoms with E-state index in [1.54, 1.807) is 6.29 Å². The fourth-order valence-electron chi connectivity index (χ4n) is 2.96. The Labute approximate surface area is 168 Å². The van der Waals surface area contributed by atoms with Crippen LogP contribution < -0.4 is 11.1 Å². The van der Waals surface area contributed by atoms with Gasteiger partial charge in [-0.25, -0.2) is 9.78 Å². The van der Waals surface area contributed by atoms with E-state index in [0.29, 0.717) is 6.54 Å². The van der Waals surface area contributed by atoms with Gasteiger partial charge in [0.2, 0.25) is 6.29 Å². The van der Waals surface area contributed by atoms with Gasteiger partial charge in [0.05, 0.1) is 5.69 Å². The van der Waals surface area contributed by atoms with E-state index in [-0.39, 0.29) is 23.9 Å². The second kappa shape index (κ2) is 10.7. The molecule has 0 bridgehead atoms. The van der Waals surface area contributed by atoms with Crippen LogP contribution in [-0.2, 0) is 14.4 Å². The summed E-state index contributed by atoms with van der Waals surface area (Å²) in [5, 5.41) is 4.14. The second-order valence-corrected chi connectivity index (χ2v) is 7.52. The molecule has 1 atom stereocenters. The maximum Gasteiger partial charge on any atom is 0.325 e. The number of carbonyl (C=O) groups is 3. The van der Waals surface area contributed by atoms with E-state index in [0.717, 1.165) is 35.5 Å². The molecule has 2 rings (SSSR count). The van der Waals surface area contributed by atoms with Gasteiger partial charge >= 0.3 is 17.8 Å². The molecule has 0 saturated carbocycles. The van der Waals surface area contributed by atoms with E-state index in [1.165, 1.54) is 29.5 Å². The van der Waals surface area contributed by atoms with Crippen LogP contribution in [0.4, 0.5) is 9.93 Å². The number of imide groups is 1. The summed E-state index contributed by atoms with van der Waals surface area (Å²) in [7, 11) is 0. The quantitative estimate of drug-likeness (QED) is 0.447. The highest BCUT2D eigenvalue weighted by Gasteiger charge is 2.36. The summed E-state index contributed by atoms with van der Waals surface area (Å²) in [6.45, 7) is 3.03. The van der Waals surface area contributed by atoms with Crippen molar-refractivity contribution in [1.82, 2.24) is 20.1 Å². The zero-order chi connectivity index (χ0) is 20.5. The highest BCUT2D eigenvalue weighted by molar-refractivity contribution is 7.13. The molecule has 1 fully saturated rings. The van der Waals surface area contributed by atoms with Gasteiger partial charge in [0, 0.05) is 25.0 Å². The van der Waals surface area contributed by atoms with Gasteiger partial charge in [-0.05, 0) is 6.42 Å². The molecule has 1 saturated heterocycles. The van der Waals surface area contributed by atoms with Crippen molar-refractivity contribution in [1.29, 1.82) is 0 Å². The monoisotopic (exact) mass is 408 g/mol. The highest BCUT2D eigenvalue weighted by atomic mass is 32.1. The molecule has 9 nitrogen and oxygen atoms in total. The first-order valence-corrected chi connectivity index (χ1v) is 10.4. The van der Waals surface area contributed by atoms with Crippen molar-refractivity contribution in [2.45, 2.75) is 51.5 Å². The summed E-state index contributed by atoms with van der Waals surface area (Å²) in [6.07, 6.45) is 8.18. The molecule has 0 aromatic carbocycles. The molecule has 4 amide bonds.